The van der Waals surface area contributed by atoms with Gasteiger partial charge in [-0.25, -0.2) is 0 Å². The van der Waals surface area contributed by atoms with Crippen molar-refractivity contribution in [3.63, 3.8) is 0 Å². The minimum atomic E-state index is 0.410. The molecule has 1 atom stereocenters. The van der Waals surface area contributed by atoms with Crippen molar-refractivity contribution in [2.24, 2.45) is 12.8 Å². The molecule has 1 unspecified atom stereocenters. The van der Waals surface area contributed by atoms with E-state index in [2.05, 4.69) is 22.4 Å². The number of thiocarbonyl (C=S) groups is 1. The van der Waals surface area contributed by atoms with Gasteiger partial charge in [-0.2, -0.15) is 5.10 Å². The average Bonchev–Trinajstić information content (AvgIpc) is 2.53. The fraction of sp³-hybridized carbons (Fsp3) is 0.667. The SMILES string of the molecule is Cc1nn(C)c(NC2CCCN(C)C2)c1C(N)=S. The summed E-state index contributed by atoms with van der Waals surface area (Å²) in [5.41, 5.74) is 7.55. The molecule has 3 N–H and O–H groups in total. The van der Waals surface area contributed by atoms with Crippen LogP contribution in [0, 0.1) is 6.92 Å². The van der Waals surface area contributed by atoms with Gasteiger partial charge in [-0.15, -0.1) is 0 Å². The molecule has 0 radical (unpaired) electrons. The van der Waals surface area contributed by atoms with Gasteiger partial charge in [0.15, 0.2) is 0 Å². The summed E-state index contributed by atoms with van der Waals surface area (Å²) in [6.45, 7) is 4.15. The first-order valence-corrected chi connectivity index (χ1v) is 6.68. The number of likely N-dealkylation sites (tertiary alicyclic amines) is 1. The lowest BCUT2D eigenvalue weighted by atomic mass is 10.1. The lowest BCUT2D eigenvalue weighted by Gasteiger charge is -2.31. The third-order valence-electron chi connectivity index (χ3n) is 3.43. The van der Waals surface area contributed by atoms with Crippen LogP contribution < -0.4 is 11.1 Å². The maximum atomic E-state index is 5.79. The highest BCUT2D eigenvalue weighted by molar-refractivity contribution is 7.80. The highest BCUT2D eigenvalue weighted by Gasteiger charge is 2.21. The molecule has 1 fully saturated rings. The number of likely N-dealkylation sites (N-methyl/N-ethyl adjacent to an activating group) is 1. The number of nitrogens with zero attached hydrogens (tertiary/aromatic N) is 3. The maximum absolute atomic E-state index is 5.79. The van der Waals surface area contributed by atoms with Gasteiger partial charge in [-0.3, -0.25) is 4.68 Å². The number of aryl methyl sites for hydroxylation is 2. The smallest absolute Gasteiger partial charge is 0.134 e. The third-order valence-corrected chi connectivity index (χ3v) is 3.64. The van der Waals surface area contributed by atoms with Crippen molar-refractivity contribution in [1.82, 2.24) is 14.7 Å². The van der Waals surface area contributed by atoms with Crippen LogP contribution in [0.1, 0.15) is 24.1 Å². The molecule has 0 saturated carbocycles. The molecule has 18 heavy (non-hydrogen) atoms. The minimum Gasteiger partial charge on any atom is -0.389 e. The Morgan fingerprint density at radius 3 is 2.83 bits per heavy atom. The number of hydrogen-bond donors (Lipinski definition) is 2. The summed E-state index contributed by atoms with van der Waals surface area (Å²) in [6, 6.07) is 0.437. The molecule has 1 aromatic rings. The second-order valence-electron chi connectivity index (χ2n) is 5.04. The van der Waals surface area contributed by atoms with E-state index in [0.717, 1.165) is 23.6 Å². The fourth-order valence-electron chi connectivity index (χ4n) is 2.60. The summed E-state index contributed by atoms with van der Waals surface area (Å²) in [5.74, 6) is 0.945. The van der Waals surface area contributed by atoms with Crippen LogP contribution in [0.3, 0.4) is 0 Å². The lowest BCUT2D eigenvalue weighted by Crippen LogP contribution is -2.40. The first-order chi connectivity index (χ1) is 8.49. The number of aromatic nitrogens is 2. The predicted octanol–water partition coefficient (Wildman–Crippen LogP) is 0.869. The number of hydrogen-bond acceptors (Lipinski definition) is 4. The summed E-state index contributed by atoms with van der Waals surface area (Å²) in [5, 5.41) is 7.93. The van der Waals surface area contributed by atoms with Gasteiger partial charge in [0, 0.05) is 19.6 Å². The van der Waals surface area contributed by atoms with Crippen LogP contribution in [0.2, 0.25) is 0 Å². The van der Waals surface area contributed by atoms with Crippen molar-refractivity contribution >= 4 is 23.0 Å². The molecular weight excluding hydrogens is 246 g/mol. The standard InChI is InChI=1S/C12H21N5S/c1-8-10(11(13)18)12(17(3)15-8)14-9-5-4-6-16(2)7-9/h9,14H,4-7H2,1-3H3,(H2,13,18). The second-order valence-corrected chi connectivity index (χ2v) is 5.48. The van der Waals surface area contributed by atoms with E-state index in [9.17, 15) is 0 Å². The summed E-state index contributed by atoms with van der Waals surface area (Å²) in [7, 11) is 4.07. The summed E-state index contributed by atoms with van der Waals surface area (Å²) in [4.78, 5) is 2.75. The van der Waals surface area contributed by atoms with E-state index in [-0.39, 0.29) is 0 Å². The van der Waals surface area contributed by atoms with Crippen molar-refractivity contribution in [2.75, 3.05) is 25.5 Å². The Morgan fingerprint density at radius 2 is 2.22 bits per heavy atom. The second kappa shape index (κ2) is 5.24. The van der Waals surface area contributed by atoms with Crippen LogP contribution in [0.5, 0.6) is 0 Å². The lowest BCUT2D eigenvalue weighted by molar-refractivity contribution is 0.260. The van der Waals surface area contributed by atoms with E-state index in [1.54, 1.807) is 0 Å². The zero-order valence-corrected chi connectivity index (χ0v) is 12.0. The predicted molar refractivity (Wildman–Crippen MR) is 78.0 cm³/mol. The van der Waals surface area contributed by atoms with Crippen LogP contribution in [0.25, 0.3) is 0 Å². The van der Waals surface area contributed by atoms with E-state index in [4.69, 9.17) is 18.0 Å². The minimum absolute atomic E-state index is 0.410. The van der Waals surface area contributed by atoms with Crippen molar-refractivity contribution in [2.45, 2.75) is 25.8 Å². The van der Waals surface area contributed by atoms with Gasteiger partial charge in [-0.05, 0) is 33.4 Å². The quantitative estimate of drug-likeness (QED) is 0.796. The molecule has 1 aromatic heterocycles. The summed E-state index contributed by atoms with van der Waals surface area (Å²) < 4.78 is 1.83. The van der Waals surface area contributed by atoms with Gasteiger partial charge < -0.3 is 16.0 Å². The van der Waals surface area contributed by atoms with Crippen LogP contribution in [0.15, 0.2) is 0 Å². The summed E-state index contributed by atoms with van der Waals surface area (Å²) in [6.07, 6.45) is 2.39. The van der Waals surface area contributed by atoms with E-state index in [1.165, 1.54) is 19.4 Å². The van der Waals surface area contributed by atoms with Crippen molar-refractivity contribution in [3.8, 4) is 0 Å². The highest BCUT2D eigenvalue weighted by Crippen LogP contribution is 2.21. The zero-order valence-electron chi connectivity index (χ0n) is 11.2. The van der Waals surface area contributed by atoms with Gasteiger partial charge in [0.2, 0.25) is 0 Å². The first kappa shape index (κ1) is 13.3. The van der Waals surface area contributed by atoms with Crippen LogP contribution in [0.4, 0.5) is 5.82 Å². The van der Waals surface area contributed by atoms with Crippen molar-refractivity contribution in [1.29, 1.82) is 0 Å². The molecule has 6 heteroatoms. The fourth-order valence-corrected chi connectivity index (χ4v) is 2.84. The van der Waals surface area contributed by atoms with Gasteiger partial charge in [0.1, 0.15) is 10.8 Å². The topological polar surface area (TPSA) is 59.1 Å². The maximum Gasteiger partial charge on any atom is 0.134 e. The molecular formula is C12H21N5S. The van der Waals surface area contributed by atoms with E-state index in [1.807, 2.05) is 18.7 Å². The Balaban J connectivity index is 2.20. The van der Waals surface area contributed by atoms with E-state index < -0.39 is 0 Å². The van der Waals surface area contributed by atoms with Crippen LogP contribution in [-0.2, 0) is 7.05 Å². The third kappa shape index (κ3) is 2.64. The number of rotatable bonds is 3. The normalized spacial score (nSPS) is 20.9. The van der Waals surface area contributed by atoms with Gasteiger partial charge in [-0.1, -0.05) is 12.2 Å². The molecule has 1 saturated heterocycles. The monoisotopic (exact) mass is 267 g/mol. The van der Waals surface area contributed by atoms with Gasteiger partial charge in [0.05, 0.1) is 11.3 Å². The molecule has 2 rings (SSSR count). The molecule has 0 aliphatic carbocycles. The van der Waals surface area contributed by atoms with E-state index in [0.29, 0.717) is 11.0 Å². The first-order valence-electron chi connectivity index (χ1n) is 6.27. The molecule has 0 spiro atoms. The molecule has 5 nitrogen and oxygen atoms in total. The van der Waals surface area contributed by atoms with E-state index >= 15 is 0 Å². The molecule has 1 aliphatic rings. The summed E-state index contributed by atoms with van der Waals surface area (Å²) >= 11 is 5.12. The molecule has 100 valence electrons. The van der Waals surface area contributed by atoms with Gasteiger partial charge in [0.25, 0.3) is 0 Å². The molecule has 0 amide bonds. The van der Waals surface area contributed by atoms with Crippen LogP contribution in [-0.4, -0.2) is 45.8 Å². The van der Waals surface area contributed by atoms with Crippen molar-refractivity contribution < 1.29 is 0 Å². The Hall–Kier alpha value is -1.14. The zero-order chi connectivity index (χ0) is 13.3. The number of anilines is 1. The average molecular weight is 267 g/mol. The Labute approximate surface area is 113 Å². The molecule has 0 bridgehead atoms. The Morgan fingerprint density at radius 1 is 1.50 bits per heavy atom. The number of nitrogens with two attached hydrogens (primary N) is 1. The van der Waals surface area contributed by atoms with Gasteiger partial charge >= 0.3 is 0 Å². The molecule has 1 aliphatic heterocycles. The largest absolute Gasteiger partial charge is 0.389 e. The number of nitrogens with one attached hydrogen (secondary N) is 1. The molecule has 0 aromatic carbocycles. The van der Waals surface area contributed by atoms with Crippen molar-refractivity contribution in [3.05, 3.63) is 11.3 Å². The molecule has 2 heterocycles. The Bertz CT molecular complexity index is 454. The van der Waals surface area contributed by atoms with Crippen LogP contribution >= 0.6 is 12.2 Å². The highest BCUT2D eigenvalue weighted by atomic mass is 32.1. The Kier molecular flexibility index (Phi) is 3.87. The number of piperidine rings is 1.